The molecule has 0 bridgehead atoms. The average molecular weight is 323 g/mol. The van der Waals surface area contributed by atoms with Crippen LogP contribution < -0.4 is 10.2 Å². The summed E-state index contributed by atoms with van der Waals surface area (Å²) in [5, 5.41) is 3.13. The number of anilines is 1. The van der Waals surface area contributed by atoms with Crippen LogP contribution in [-0.4, -0.2) is 25.5 Å². The van der Waals surface area contributed by atoms with Gasteiger partial charge in [0.25, 0.3) is 5.91 Å². The number of rotatable bonds is 5. The number of nitrogens with one attached hydrogen (secondary N) is 2. The topological polar surface area (TPSA) is 33.5 Å². The van der Waals surface area contributed by atoms with Crippen molar-refractivity contribution < 1.29 is 9.69 Å². The maximum absolute atomic E-state index is 12.4. The number of piperidine rings is 1. The van der Waals surface area contributed by atoms with Crippen molar-refractivity contribution in [3.63, 3.8) is 0 Å². The van der Waals surface area contributed by atoms with E-state index in [-0.39, 0.29) is 5.91 Å². The van der Waals surface area contributed by atoms with E-state index >= 15 is 0 Å². The summed E-state index contributed by atoms with van der Waals surface area (Å²) in [5.74, 6) is 0.934. The lowest BCUT2D eigenvalue weighted by Gasteiger charge is -2.26. The summed E-state index contributed by atoms with van der Waals surface area (Å²) in [4.78, 5) is 13.8. The second-order valence-electron chi connectivity index (χ2n) is 6.98. The van der Waals surface area contributed by atoms with Crippen LogP contribution in [-0.2, 0) is 11.2 Å². The molecule has 0 radical (unpaired) electrons. The summed E-state index contributed by atoms with van der Waals surface area (Å²) < 4.78 is 0. The van der Waals surface area contributed by atoms with E-state index in [1.54, 1.807) is 0 Å². The van der Waals surface area contributed by atoms with Crippen LogP contribution in [0.4, 0.5) is 5.69 Å². The standard InChI is InChI=1S/C21H26N2O/c1-17-11-13-23(14-12-17)16-21(24)22-20-10-6-5-9-19(20)15-18-7-3-2-4-8-18/h2-10,17H,11-16H2,1H3,(H,22,24)/p+1. The summed E-state index contributed by atoms with van der Waals surface area (Å²) in [5.41, 5.74) is 3.37. The van der Waals surface area contributed by atoms with E-state index in [0.29, 0.717) is 6.54 Å². The molecule has 0 saturated carbocycles. The normalized spacial score (nSPS) is 20.5. The zero-order valence-corrected chi connectivity index (χ0v) is 14.4. The van der Waals surface area contributed by atoms with Crippen LogP contribution in [0.15, 0.2) is 54.6 Å². The second kappa shape index (κ2) is 8.11. The van der Waals surface area contributed by atoms with Gasteiger partial charge >= 0.3 is 0 Å². The Morgan fingerprint density at radius 1 is 1.04 bits per heavy atom. The Morgan fingerprint density at radius 3 is 2.46 bits per heavy atom. The van der Waals surface area contributed by atoms with E-state index in [1.807, 2.05) is 24.3 Å². The van der Waals surface area contributed by atoms with Crippen molar-refractivity contribution in [2.45, 2.75) is 26.2 Å². The van der Waals surface area contributed by atoms with Crippen molar-refractivity contribution in [2.75, 3.05) is 25.0 Å². The van der Waals surface area contributed by atoms with Crippen molar-refractivity contribution in [1.29, 1.82) is 0 Å². The fraction of sp³-hybridized carbons (Fsp3) is 0.381. The van der Waals surface area contributed by atoms with Crippen LogP contribution in [0.3, 0.4) is 0 Å². The molecule has 1 fully saturated rings. The molecular weight excluding hydrogens is 296 g/mol. The van der Waals surface area contributed by atoms with Gasteiger partial charge in [-0.1, -0.05) is 55.5 Å². The third-order valence-electron chi connectivity index (χ3n) is 4.92. The van der Waals surface area contributed by atoms with Gasteiger partial charge in [0.05, 0.1) is 13.1 Å². The molecule has 3 rings (SSSR count). The van der Waals surface area contributed by atoms with E-state index in [1.165, 1.54) is 28.9 Å². The maximum Gasteiger partial charge on any atom is 0.279 e. The van der Waals surface area contributed by atoms with Crippen LogP contribution in [0.5, 0.6) is 0 Å². The molecule has 3 heteroatoms. The van der Waals surface area contributed by atoms with Crippen molar-refractivity contribution in [3.05, 3.63) is 65.7 Å². The van der Waals surface area contributed by atoms with Gasteiger partial charge in [0.1, 0.15) is 0 Å². The van der Waals surface area contributed by atoms with Gasteiger partial charge in [0.15, 0.2) is 6.54 Å². The summed E-state index contributed by atoms with van der Waals surface area (Å²) in [7, 11) is 0. The Balaban J connectivity index is 1.61. The molecule has 1 aliphatic heterocycles. The highest BCUT2D eigenvalue weighted by molar-refractivity contribution is 5.92. The number of carbonyl (C=O) groups is 1. The minimum atomic E-state index is 0.125. The van der Waals surface area contributed by atoms with Gasteiger partial charge < -0.3 is 10.2 Å². The molecule has 1 aliphatic rings. The molecule has 1 heterocycles. The van der Waals surface area contributed by atoms with Crippen LogP contribution in [0.1, 0.15) is 30.9 Å². The predicted octanol–water partition coefficient (Wildman–Crippen LogP) is 2.53. The molecule has 0 unspecified atom stereocenters. The number of amides is 1. The number of carbonyl (C=O) groups excluding carboxylic acids is 1. The Labute approximate surface area is 144 Å². The molecule has 1 saturated heterocycles. The van der Waals surface area contributed by atoms with Gasteiger partial charge in [-0.2, -0.15) is 0 Å². The zero-order chi connectivity index (χ0) is 16.8. The third kappa shape index (κ3) is 4.68. The molecule has 0 aliphatic carbocycles. The van der Waals surface area contributed by atoms with Gasteiger partial charge in [0, 0.05) is 5.69 Å². The highest BCUT2D eigenvalue weighted by Gasteiger charge is 2.21. The SMILES string of the molecule is CC1CC[NH+](CC(=O)Nc2ccccc2Cc2ccccc2)CC1. The lowest BCUT2D eigenvalue weighted by atomic mass is 9.99. The van der Waals surface area contributed by atoms with Crippen molar-refractivity contribution >= 4 is 11.6 Å². The largest absolute Gasteiger partial charge is 0.327 e. The highest BCUT2D eigenvalue weighted by atomic mass is 16.2. The summed E-state index contributed by atoms with van der Waals surface area (Å²) >= 11 is 0. The number of benzene rings is 2. The summed E-state index contributed by atoms with van der Waals surface area (Å²) in [6.45, 7) is 5.10. The lowest BCUT2D eigenvalue weighted by Crippen LogP contribution is -3.14. The Bertz CT molecular complexity index is 661. The maximum atomic E-state index is 12.4. The quantitative estimate of drug-likeness (QED) is 0.871. The summed E-state index contributed by atoms with van der Waals surface area (Å²) in [6, 6.07) is 18.5. The highest BCUT2D eigenvalue weighted by Crippen LogP contribution is 2.19. The molecule has 1 amide bonds. The van der Waals surface area contributed by atoms with Crippen molar-refractivity contribution in [1.82, 2.24) is 0 Å². The smallest absolute Gasteiger partial charge is 0.279 e. The molecule has 2 aromatic rings. The Hall–Kier alpha value is -2.13. The number of quaternary nitrogens is 1. The predicted molar refractivity (Wildman–Crippen MR) is 98.3 cm³/mol. The van der Waals surface area contributed by atoms with E-state index in [0.717, 1.165) is 31.1 Å². The molecule has 3 nitrogen and oxygen atoms in total. The molecule has 2 aromatic carbocycles. The molecule has 0 spiro atoms. The molecule has 0 aromatic heterocycles. The van der Waals surface area contributed by atoms with E-state index in [4.69, 9.17) is 0 Å². The van der Waals surface area contributed by atoms with Crippen LogP contribution in [0.25, 0.3) is 0 Å². The lowest BCUT2D eigenvalue weighted by molar-refractivity contribution is -0.897. The van der Waals surface area contributed by atoms with E-state index in [2.05, 4.69) is 42.6 Å². The van der Waals surface area contributed by atoms with E-state index < -0.39 is 0 Å². The monoisotopic (exact) mass is 323 g/mol. The van der Waals surface area contributed by atoms with Crippen molar-refractivity contribution in [3.8, 4) is 0 Å². The first-order chi connectivity index (χ1) is 11.7. The zero-order valence-electron chi connectivity index (χ0n) is 14.4. The van der Waals surface area contributed by atoms with Crippen LogP contribution >= 0.6 is 0 Å². The fourth-order valence-corrected chi connectivity index (χ4v) is 3.38. The fourth-order valence-electron chi connectivity index (χ4n) is 3.38. The van der Waals surface area contributed by atoms with Gasteiger partial charge in [0.2, 0.25) is 0 Å². The third-order valence-corrected chi connectivity index (χ3v) is 4.92. The molecular formula is C21H27N2O+. The second-order valence-corrected chi connectivity index (χ2v) is 6.98. The first-order valence-electron chi connectivity index (χ1n) is 8.96. The Morgan fingerprint density at radius 2 is 1.71 bits per heavy atom. The van der Waals surface area contributed by atoms with Gasteiger partial charge in [-0.15, -0.1) is 0 Å². The number of hydrogen-bond donors (Lipinski definition) is 2. The minimum Gasteiger partial charge on any atom is -0.327 e. The van der Waals surface area contributed by atoms with Gasteiger partial charge in [-0.3, -0.25) is 4.79 Å². The van der Waals surface area contributed by atoms with Gasteiger partial charge in [-0.25, -0.2) is 0 Å². The molecule has 0 atom stereocenters. The molecule has 24 heavy (non-hydrogen) atoms. The first kappa shape index (κ1) is 16.7. The Kier molecular flexibility index (Phi) is 5.65. The number of likely N-dealkylation sites (tertiary alicyclic amines) is 1. The first-order valence-corrected chi connectivity index (χ1v) is 8.96. The van der Waals surface area contributed by atoms with Gasteiger partial charge in [-0.05, 0) is 42.4 Å². The molecule has 2 N–H and O–H groups in total. The summed E-state index contributed by atoms with van der Waals surface area (Å²) in [6.07, 6.45) is 3.30. The van der Waals surface area contributed by atoms with Crippen LogP contribution in [0, 0.1) is 5.92 Å². The van der Waals surface area contributed by atoms with Crippen molar-refractivity contribution in [2.24, 2.45) is 5.92 Å². The average Bonchev–Trinajstić information content (AvgIpc) is 2.60. The number of hydrogen-bond acceptors (Lipinski definition) is 1. The molecule has 126 valence electrons. The minimum absolute atomic E-state index is 0.125. The van der Waals surface area contributed by atoms with Crippen LogP contribution in [0.2, 0.25) is 0 Å². The number of para-hydroxylation sites is 1. The van der Waals surface area contributed by atoms with E-state index in [9.17, 15) is 4.79 Å².